The number of thioether (sulfide) groups is 1. The van der Waals surface area contributed by atoms with E-state index in [2.05, 4.69) is 5.32 Å². The van der Waals surface area contributed by atoms with Gasteiger partial charge < -0.3 is 10.1 Å². The van der Waals surface area contributed by atoms with Gasteiger partial charge in [-0.05, 0) is 34.4 Å². The van der Waals surface area contributed by atoms with Crippen LogP contribution in [0, 0.1) is 11.3 Å². The molecule has 7 heteroatoms. The van der Waals surface area contributed by atoms with Gasteiger partial charge in [0.2, 0.25) is 0 Å². The summed E-state index contributed by atoms with van der Waals surface area (Å²) < 4.78 is 4.99. The second-order valence-electron chi connectivity index (χ2n) is 5.28. The second-order valence-corrected chi connectivity index (χ2v) is 7.25. The first-order chi connectivity index (χ1) is 12.7. The maximum absolute atomic E-state index is 11.8. The van der Waals surface area contributed by atoms with Gasteiger partial charge in [-0.3, -0.25) is 9.59 Å². The highest BCUT2D eigenvalue weighted by Crippen LogP contribution is 2.24. The molecule has 0 fully saturated rings. The molecule has 5 nitrogen and oxygen atoms in total. The minimum atomic E-state index is -0.468. The Morgan fingerprint density at radius 2 is 1.96 bits per heavy atom. The van der Waals surface area contributed by atoms with Crippen molar-refractivity contribution in [3.8, 4) is 6.07 Å². The van der Waals surface area contributed by atoms with Crippen LogP contribution in [0.2, 0.25) is 0 Å². The molecule has 3 rings (SSSR count). The van der Waals surface area contributed by atoms with E-state index in [1.807, 2.05) is 48.5 Å². The molecule has 1 amide bonds. The summed E-state index contributed by atoms with van der Waals surface area (Å²) >= 11 is 2.61. The summed E-state index contributed by atoms with van der Waals surface area (Å²) in [5.41, 5.74) is 0.390. The van der Waals surface area contributed by atoms with Crippen LogP contribution in [-0.4, -0.2) is 24.2 Å². The van der Waals surface area contributed by atoms with Gasteiger partial charge in [0.15, 0.2) is 6.61 Å². The third-order valence-corrected chi connectivity index (χ3v) is 5.28. The van der Waals surface area contributed by atoms with Gasteiger partial charge in [0.05, 0.1) is 11.3 Å². The number of amides is 1. The van der Waals surface area contributed by atoms with Crippen LogP contribution in [0.3, 0.4) is 0 Å². The Bertz CT molecular complexity index is 992. The Kier molecular flexibility index (Phi) is 5.89. The molecule has 1 aromatic heterocycles. The molecule has 0 bridgehead atoms. The molecule has 0 atom stereocenters. The van der Waals surface area contributed by atoms with Crippen molar-refractivity contribution in [1.29, 1.82) is 5.26 Å². The van der Waals surface area contributed by atoms with Crippen molar-refractivity contribution in [3.63, 3.8) is 0 Å². The van der Waals surface area contributed by atoms with Crippen LogP contribution in [0.5, 0.6) is 0 Å². The monoisotopic (exact) mass is 382 g/mol. The number of rotatable bonds is 6. The fraction of sp³-hybridized carbons (Fsp3) is 0.105. The number of benzene rings is 2. The molecule has 130 valence electrons. The number of carbonyl (C=O) groups is 2. The summed E-state index contributed by atoms with van der Waals surface area (Å²) in [6, 6.07) is 17.6. The summed E-state index contributed by atoms with van der Waals surface area (Å²) in [4.78, 5) is 24.6. The van der Waals surface area contributed by atoms with Crippen molar-refractivity contribution < 1.29 is 14.3 Å². The second kappa shape index (κ2) is 8.52. The average Bonchev–Trinajstić information content (AvgIpc) is 3.11. The van der Waals surface area contributed by atoms with Gasteiger partial charge in [0.1, 0.15) is 11.1 Å². The maximum Gasteiger partial charge on any atom is 0.316 e. The normalized spacial score (nSPS) is 10.3. The smallest absolute Gasteiger partial charge is 0.316 e. The Balaban J connectivity index is 1.46. The van der Waals surface area contributed by atoms with Gasteiger partial charge in [-0.15, -0.1) is 23.1 Å². The molecular formula is C19H14N2O3S2. The molecule has 0 aliphatic carbocycles. The molecule has 0 unspecified atom stereocenters. The molecular weight excluding hydrogens is 368 g/mol. The zero-order valence-electron chi connectivity index (χ0n) is 13.6. The maximum atomic E-state index is 11.8. The summed E-state index contributed by atoms with van der Waals surface area (Å²) in [6.45, 7) is -0.375. The molecule has 0 saturated carbocycles. The number of ether oxygens (including phenoxy) is 1. The topological polar surface area (TPSA) is 79.2 Å². The van der Waals surface area contributed by atoms with Crippen LogP contribution in [0.15, 0.2) is 58.8 Å². The Hall–Kier alpha value is -2.82. The van der Waals surface area contributed by atoms with E-state index in [4.69, 9.17) is 10.00 Å². The molecule has 0 aliphatic rings. The first kappa shape index (κ1) is 18.0. The van der Waals surface area contributed by atoms with Crippen molar-refractivity contribution >= 4 is 50.7 Å². The predicted octanol–water partition coefficient (Wildman–Crippen LogP) is 4.05. The van der Waals surface area contributed by atoms with Crippen molar-refractivity contribution in [2.75, 3.05) is 17.7 Å². The van der Waals surface area contributed by atoms with Crippen LogP contribution in [0.4, 0.5) is 5.00 Å². The first-order valence-corrected chi connectivity index (χ1v) is 9.57. The minimum Gasteiger partial charge on any atom is -0.455 e. The van der Waals surface area contributed by atoms with E-state index in [0.29, 0.717) is 10.6 Å². The molecule has 26 heavy (non-hydrogen) atoms. The number of hydrogen-bond donors (Lipinski definition) is 1. The van der Waals surface area contributed by atoms with Crippen LogP contribution >= 0.6 is 23.1 Å². The van der Waals surface area contributed by atoms with Crippen LogP contribution in [-0.2, 0) is 14.3 Å². The molecule has 0 spiro atoms. The van der Waals surface area contributed by atoms with Gasteiger partial charge in [-0.1, -0.05) is 30.3 Å². The number of carbonyl (C=O) groups excluding carboxylic acids is 2. The minimum absolute atomic E-state index is 0.119. The van der Waals surface area contributed by atoms with E-state index in [1.165, 1.54) is 23.1 Å². The molecule has 1 heterocycles. The third kappa shape index (κ3) is 4.63. The molecule has 0 radical (unpaired) electrons. The van der Waals surface area contributed by atoms with E-state index in [9.17, 15) is 9.59 Å². The average molecular weight is 382 g/mol. The molecule has 0 saturated heterocycles. The first-order valence-electron chi connectivity index (χ1n) is 7.70. The fourth-order valence-electron chi connectivity index (χ4n) is 2.24. The van der Waals surface area contributed by atoms with Crippen LogP contribution in [0.25, 0.3) is 10.8 Å². The molecule has 1 N–H and O–H groups in total. The summed E-state index contributed by atoms with van der Waals surface area (Å²) in [6.07, 6.45) is 0. The lowest BCUT2D eigenvalue weighted by atomic mass is 10.1. The largest absolute Gasteiger partial charge is 0.455 e. The Morgan fingerprint density at radius 3 is 2.77 bits per heavy atom. The summed E-state index contributed by atoms with van der Waals surface area (Å²) in [7, 11) is 0. The van der Waals surface area contributed by atoms with Crippen LogP contribution in [0.1, 0.15) is 5.56 Å². The van der Waals surface area contributed by atoms with E-state index < -0.39 is 11.9 Å². The lowest BCUT2D eigenvalue weighted by Gasteiger charge is -2.06. The number of hydrogen-bond acceptors (Lipinski definition) is 6. The number of fused-ring (bicyclic) bond motifs is 1. The van der Waals surface area contributed by atoms with E-state index >= 15 is 0 Å². The number of anilines is 1. The van der Waals surface area contributed by atoms with Gasteiger partial charge in [-0.25, -0.2) is 0 Å². The van der Waals surface area contributed by atoms with Gasteiger partial charge in [0, 0.05) is 4.90 Å². The van der Waals surface area contributed by atoms with E-state index in [0.717, 1.165) is 15.7 Å². The standard InChI is InChI=1S/C19H14N2O3S2/c20-10-15-7-8-25-19(15)21-17(22)11-24-18(23)12-26-16-6-5-13-3-1-2-4-14(13)9-16/h1-9H,11-12H2,(H,21,22). The summed E-state index contributed by atoms with van der Waals surface area (Å²) in [5.74, 6) is -0.813. The molecule has 2 aromatic carbocycles. The number of nitrogens with one attached hydrogen (secondary N) is 1. The summed E-state index contributed by atoms with van der Waals surface area (Å²) in [5, 5.41) is 15.9. The van der Waals surface area contributed by atoms with Crippen molar-refractivity contribution in [2.45, 2.75) is 4.90 Å². The van der Waals surface area contributed by atoms with Crippen LogP contribution < -0.4 is 5.32 Å². The van der Waals surface area contributed by atoms with E-state index in [1.54, 1.807) is 11.4 Å². The Morgan fingerprint density at radius 1 is 1.15 bits per heavy atom. The van der Waals surface area contributed by atoms with Gasteiger partial charge >= 0.3 is 5.97 Å². The molecule has 0 aliphatic heterocycles. The fourth-order valence-corrected chi connectivity index (χ4v) is 3.74. The highest BCUT2D eigenvalue weighted by Gasteiger charge is 2.11. The highest BCUT2D eigenvalue weighted by atomic mass is 32.2. The number of esters is 1. The van der Waals surface area contributed by atoms with Crippen molar-refractivity contribution in [1.82, 2.24) is 0 Å². The third-order valence-electron chi connectivity index (χ3n) is 3.48. The van der Waals surface area contributed by atoms with Gasteiger partial charge in [-0.2, -0.15) is 5.26 Å². The molecule has 3 aromatic rings. The quantitative estimate of drug-likeness (QED) is 0.514. The lowest BCUT2D eigenvalue weighted by molar-refractivity contribution is -0.144. The predicted molar refractivity (Wildman–Crippen MR) is 103 cm³/mol. The lowest BCUT2D eigenvalue weighted by Crippen LogP contribution is -2.21. The Labute approximate surface area is 158 Å². The number of nitriles is 1. The SMILES string of the molecule is N#Cc1ccsc1NC(=O)COC(=O)CSc1ccc2ccccc2c1. The number of thiophene rings is 1. The zero-order valence-corrected chi connectivity index (χ0v) is 15.2. The van der Waals surface area contributed by atoms with Gasteiger partial charge in [0.25, 0.3) is 5.91 Å². The van der Waals surface area contributed by atoms with E-state index in [-0.39, 0.29) is 12.4 Å². The van der Waals surface area contributed by atoms with Crippen molar-refractivity contribution in [3.05, 3.63) is 59.5 Å². The number of nitrogens with zero attached hydrogens (tertiary/aromatic N) is 1. The zero-order chi connectivity index (χ0) is 18.4. The highest BCUT2D eigenvalue weighted by molar-refractivity contribution is 8.00. The van der Waals surface area contributed by atoms with Crippen molar-refractivity contribution in [2.24, 2.45) is 0 Å².